The van der Waals surface area contributed by atoms with Gasteiger partial charge in [-0.2, -0.15) is 0 Å². The summed E-state index contributed by atoms with van der Waals surface area (Å²) in [5.41, 5.74) is 4.68. The summed E-state index contributed by atoms with van der Waals surface area (Å²) >= 11 is 0. The van der Waals surface area contributed by atoms with Gasteiger partial charge >= 0.3 is 0 Å². The Labute approximate surface area is 111 Å². The van der Waals surface area contributed by atoms with Gasteiger partial charge in [-0.3, -0.25) is 9.98 Å². The lowest BCUT2D eigenvalue weighted by molar-refractivity contribution is 0.494. The van der Waals surface area contributed by atoms with Crippen LogP contribution in [0.2, 0.25) is 0 Å². The third-order valence-electron chi connectivity index (χ3n) is 3.79. The van der Waals surface area contributed by atoms with Crippen molar-refractivity contribution < 1.29 is 0 Å². The molecule has 0 aromatic rings. The molecule has 1 atom stereocenters. The topological polar surface area (TPSA) is 24.7 Å². The van der Waals surface area contributed by atoms with Crippen molar-refractivity contribution in [3.63, 3.8) is 0 Å². The van der Waals surface area contributed by atoms with Crippen molar-refractivity contribution in [3.05, 3.63) is 35.2 Å². The SMILES string of the molecule is C=N/C=C1/N=C(C)[C@](C)(CCC)C(=C/C)/C1=C/C. The molecule has 1 aliphatic heterocycles. The molecule has 0 aliphatic carbocycles. The summed E-state index contributed by atoms with van der Waals surface area (Å²) < 4.78 is 0. The maximum atomic E-state index is 4.73. The van der Waals surface area contributed by atoms with E-state index in [1.807, 2.05) is 0 Å². The Balaban J connectivity index is 3.48. The summed E-state index contributed by atoms with van der Waals surface area (Å²) in [4.78, 5) is 8.60. The highest BCUT2D eigenvalue weighted by atomic mass is 14.8. The minimum Gasteiger partial charge on any atom is -0.270 e. The molecule has 0 unspecified atom stereocenters. The molecular formula is C16H24N2. The second-order valence-corrected chi connectivity index (χ2v) is 4.88. The zero-order valence-electron chi connectivity index (χ0n) is 12.2. The monoisotopic (exact) mass is 244 g/mol. The molecule has 98 valence electrons. The smallest absolute Gasteiger partial charge is 0.0883 e. The Morgan fingerprint density at radius 2 is 2.00 bits per heavy atom. The second kappa shape index (κ2) is 5.94. The van der Waals surface area contributed by atoms with Crippen LogP contribution in [0.3, 0.4) is 0 Å². The van der Waals surface area contributed by atoms with E-state index >= 15 is 0 Å². The number of allylic oxidation sites excluding steroid dienone is 3. The van der Waals surface area contributed by atoms with Crippen LogP contribution >= 0.6 is 0 Å². The van der Waals surface area contributed by atoms with E-state index in [4.69, 9.17) is 4.99 Å². The Hall–Kier alpha value is -1.44. The number of nitrogens with zero attached hydrogens (tertiary/aromatic N) is 2. The Morgan fingerprint density at radius 1 is 1.33 bits per heavy atom. The lowest BCUT2D eigenvalue weighted by atomic mass is 9.69. The van der Waals surface area contributed by atoms with Gasteiger partial charge in [0.1, 0.15) is 0 Å². The molecule has 2 heteroatoms. The third-order valence-corrected chi connectivity index (χ3v) is 3.79. The molecule has 0 radical (unpaired) electrons. The fourth-order valence-corrected chi connectivity index (χ4v) is 2.77. The van der Waals surface area contributed by atoms with Crippen molar-refractivity contribution in [3.8, 4) is 0 Å². The van der Waals surface area contributed by atoms with E-state index < -0.39 is 0 Å². The predicted octanol–water partition coefficient (Wildman–Crippen LogP) is 4.70. The minimum absolute atomic E-state index is 0.0455. The van der Waals surface area contributed by atoms with E-state index in [2.05, 4.69) is 58.5 Å². The van der Waals surface area contributed by atoms with Gasteiger partial charge in [0.05, 0.1) is 11.9 Å². The molecule has 0 amide bonds. The van der Waals surface area contributed by atoms with Crippen LogP contribution in [0.5, 0.6) is 0 Å². The molecule has 0 saturated carbocycles. The number of aliphatic imine (C=N–C) groups is 2. The van der Waals surface area contributed by atoms with Crippen LogP contribution in [0.15, 0.2) is 45.2 Å². The molecule has 0 fully saturated rings. The molecule has 0 N–H and O–H groups in total. The molecule has 1 rings (SSSR count). The van der Waals surface area contributed by atoms with Gasteiger partial charge in [-0.05, 0) is 39.5 Å². The molecule has 1 heterocycles. The quantitative estimate of drug-likeness (QED) is 0.643. The van der Waals surface area contributed by atoms with Crippen LogP contribution in [0.4, 0.5) is 0 Å². The first-order valence-electron chi connectivity index (χ1n) is 6.60. The Bertz CT molecular complexity index is 450. The molecule has 0 saturated heterocycles. The number of hydrogen-bond acceptors (Lipinski definition) is 2. The number of hydrogen-bond donors (Lipinski definition) is 0. The molecule has 0 aromatic heterocycles. The first-order chi connectivity index (χ1) is 8.54. The highest BCUT2D eigenvalue weighted by Crippen LogP contribution is 2.44. The summed E-state index contributed by atoms with van der Waals surface area (Å²) in [5, 5.41) is 0. The summed E-state index contributed by atoms with van der Waals surface area (Å²) in [6, 6.07) is 0. The van der Waals surface area contributed by atoms with Crippen molar-refractivity contribution in [2.24, 2.45) is 15.4 Å². The van der Waals surface area contributed by atoms with Gasteiger partial charge in [-0.1, -0.05) is 32.4 Å². The second-order valence-electron chi connectivity index (χ2n) is 4.88. The summed E-state index contributed by atoms with van der Waals surface area (Å²) in [5.74, 6) is 0. The molecule has 1 aliphatic rings. The minimum atomic E-state index is 0.0455. The summed E-state index contributed by atoms with van der Waals surface area (Å²) in [7, 11) is 0. The Kier molecular flexibility index (Phi) is 4.83. The molecule has 18 heavy (non-hydrogen) atoms. The van der Waals surface area contributed by atoms with Crippen molar-refractivity contribution in [1.82, 2.24) is 0 Å². The van der Waals surface area contributed by atoms with E-state index in [-0.39, 0.29) is 5.41 Å². The highest BCUT2D eigenvalue weighted by Gasteiger charge is 2.37. The summed E-state index contributed by atoms with van der Waals surface area (Å²) in [6.45, 7) is 14.3. The average Bonchev–Trinajstić information content (AvgIpc) is 2.34. The average molecular weight is 244 g/mol. The lowest BCUT2D eigenvalue weighted by Crippen LogP contribution is -2.32. The molecular weight excluding hydrogens is 220 g/mol. The zero-order valence-corrected chi connectivity index (χ0v) is 12.2. The van der Waals surface area contributed by atoms with Crippen molar-refractivity contribution in [1.29, 1.82) is 0 Å². The molecule has 0 bridgehead atoms. The van der Waals surface area contributed by atoms with Crippen LogP contribution in [0.1, 0.15) is 47.5 Å². The van der Waals surface area contributed by atoms with Crippen LogP contribution in [0, 0.1) is 5.41 Å². The van der Waals surface area contributed by atoms with Gasteiger partial charge in [0.2, 0.25) is 0 Å². The Morgan fingerprint density at radius 3 is 2.44 bits per heavy atom. The summed E-state index contributed by atoms with van der Waals surface area (Å²) in [6.07, 6.45) is 8.34. The van der Waals surface area contributed by atoms with Crippen molar-refractivity contribution in [2.75, 3.05) is 0 Å². The van der Waals surface area contributed by atoms with E-state index in [1.165, 1.54) is 11.1 Å². The van der Waals surface area contributed by atoms with Gasteiger partial charge in [0.25, 0.3) is 0 Å². The first-order valence-corrected chi connectivity index (χ1v) is 6.60. The van der Waals surface area contributed by atoms with Gasteiger partial charge in [0.15, 0.2) is 0 Å². The van der Waals surface area contributed by atoms with Gasteiger partial charge < -0.3 is 0 Å². The van der Waals surface area contributed by atoms with Crippen molar-refractivity contribution >= 4 is 12.4 Å². The van der Waals surface area contributed by atoms with Crippen LogP contribution < -0.4 is 0 Å². The lowest BCUT2D eigenvalue weighted by Gasteiger charge is -2.37. The van der Waals surface area contributed by atoms with Gasteiger partial charge in [-0.25, -0.2) is 0 Å². The normalized spacial score (nSPS) is 30.9. The molecule has 2 nitrogen and oxygen atoms in total. The van der Waals surface area contributed by atoms with E-state index in [9.17, 15) is 0 Å². The van der Waals surface area contributed by atoms with Gasteiger partial charge in [-0.15, -0.1) is 0 Å². The number of rotatable bonds is 3. The molecule has 0 aromatic carbocycles. The van der Waals surface area contributed by atoms with E-state index in [0.717, 1.165) is 24.3 Å². The fraction of sp³-hybridized carbons (Fsp3) is 0.500. The molecule has 0 spiro atoms. The third kappa shape index (κ3) is 2.38. The van der Waals surface area contributed by atoms with Crippen LogP contribution in [-0.2, 0) is 0 Å². The van der Waals surface area contributed by atoms with E-state index in [0.29, 0.717) is 0 Å². The highest BCUT2D eigenvalue weighted by molar-refractivity contribution is 5.95. The fourth-order valence-electron chi connectivity index (χ4n) is 2.77. The predicted molar refractivity (Wildman–Crippen MR) is 81.3 cm³/mol. The first kappa shape index (κ1) is 14.6. The van der Waals surface area contributed by atoms with Crippen LogP contribution in [-0.4, -0.2) is 12.4 Å². The van der Waals surface area contributed by atoms with E-state index in [1.54, 1.807) is 6.20 Å². The van der Waals surface area contributed by atoms with Crippen molar-refractivity contribution in [2.45, 2.75) is 47.5 Å². The van der Waals surface area contributed by atoms with Gasteiger partial charge in [0, 0.05) is 16.7 Å². The van der Waals surface area contributed by atoms with Crippen LogP contribution in [0.25, 0.3) is 0 Å². The largest absolute Gasteiger partial charge is 0.270 e. The maximum absolute atomic E-state index is 4.73. The maximum Gasteiger partial charge on any atom is 0.0883 e. The standard InChI is InChI=1S/C16H24N2/c1-7-10-16(5)12(4)18-15(11-17-6)13(8-2)14(16)9-3/h8-9,11H,6-7,10H2,1-5H3/b13-8-,14-9+,15-11+/t16-/m0/s1. The zero-order chi connectivity index (χ0) is 13.8.